The minimum Gasteiger partial charge on any atom is -0.378 e. The number of rotatable bonds is 7. The summed E-state index contributed by atoms with van der Waals surface area (Å²) in [6.07, 6.45) is 4.22. The maximum atomic E-state index is 5.83. The van der Waals surface area contributed by atoms with Crippen LogP contribution in [0.3, 0.4) is 0 Å². The molecular weight excluding hydrogens is 210 g/mol. The molecule has 0 bridgehead atoms. The van der Waals surface area contributed by atoms with Gasteiger partial charge in [-0.1, -0.05) is 34.1 Å². The minimum atomic E-state index is 0.379. The van der Waals surface area contributed by atoms with E-state index in [1.165, 1.54) is 19.3 Å². The third-order valence-electron chi connectivity index (χ3n) is 4.31. The van der Waals surface area contributed by atoms with Crippen LogP contribution in [0, 0.1) is 17.3 Å². The summed E-state index contributed by atoms with van der Waals surface area (Å²) in [7, 11) is 0. The van der Waals surface area contributed by atoms with Crippen molar-refractivity contribution < 1.29 is 4.74 Å². The first-order valence-electron chi connectivity index (χ1n) is 7.32. The lowest BCUT2D eigenvalue weighted by atomic mass is 9.74. The molecule has 3 atom stereocenters. The van der Waals surface area contributed by atoms with Gasteiger partial charge in [-0.05, 0) is 38.1 Å². The molecule has 1 rings (SSSR count). The molecule has 3 unspecified atom stereocenters. The zero-order chi connectivity index (χ0) is 12.9. The van der Waals surface area contributed by atoms with Gasteiger partial charge in [-0.3, -0.25) is 0 Å². The molecule has 0 spiro atoms. The number of hydrogen-bond donors (Lipinski definition) is 1. The highest BCUT2D eigenvalue weighted by molar-refractivity contribution is 4.92. The van der Waals surface area contributed by atoms with E-state index in [4.69, 9.17) is 4.74 Å². The van der Waals surface area contributed by atoms with Crippen LogP contribution in [0.4, 0.5) is 0 Å². The molecule has 0 radical (unpaired) electrons. The molecule has 102 valence electrons. The number of hydrogen-bond acceptors (Lipinski definition) is 2. The van der Waals surface area contributed by atoms with Crippen molar-refractivity contribution in [3.05, 3.63) is 0 Å². The third kappa shape index (κ3) is 4.26. The highest BCUT2D eigenvalue weighted by atomic mass is 16.5. The normalized spacial score (nSPS) is 31.1. The van der Waals surface area contributed by atoms with E-state index < -0.39 is 0 Å². The lowest BCUT2D eigenvalue weighted by molar-refractivity contribution is 0.0497. The lowest BCUT2D eigenvalue weighted by Gasteiger charge is -2.35. The Hall–Kier alpha value is -0.0800. The van der Waals surface area contributed by atoms with Crippen molar-refractivity contribution in [2.75, 3.05) is 19.7 Å². The molecule has 1 aliphatic heterocycles. The molecule has 0 saturated carbocycles. The van der Waals surface area contributed by atoms with E-state index in [1.807, 2.05) is 0 Å². The monoisotopic (exact) mass is 241 g/mol. The standard InChI is InChI=1S/C15H31NO/c1-6-13(4)9-15(7-8-17-14(15)5)11-16-10-12(2)3/h12-14,16H,6-11H2,1-5H3. The number of nitrogens with one attached hydrogen (secondary N) is 1. The fourth-order valence-corrected chi connectivity index (χ4v) is 2.84. The van der Waals surface area contributed by atoms with Gasteiger partial charge in [0.2, 0.25) is 0 Å². The van der Waals surface area contributed by atoms with Crippen molar-refractivity contribution in [1.82, 2.24) is 5.32 Å². The van der Waals surface area contributed by atoms with Crippen molar-refractivity contribution >= 4 is 0 Å². The van der Waals surface area contributed by atoms with Crippen LogP contribution >= 0.6 is 0 Å². The van der Waals surface area contributed by atoms with Crippen molar-refractivity contribution in [1.29, 1.82) is 0 Å². The van der Waals surface area contributed by atoms with Crippen LogP contribution in [0.25, 0.3) is 0 Å². The maximum absolute atomic E-state index is 5.83. The third-order valence-corrected chi connectivity index (χ3v) is 4.31. The topological polar surface area (TPSA) is 21.3 Å². The van der Waals surface area contributed by atoms with Crippen molar-refractivity contribution in [2.45, 2.75) is 60.0 Å². The van der Waals surface area contributed by atoms with Crippen molar-refractivity contribution in [2.24, 2.45) is 17.3 Å². The van der Waals surface area contributed by atoms with Gasteiger partial charge < -0.3 is 10.1 Å². The second-order valence-electron chi connectivity index (χ2n) is 6.37. The molecule has 1 N–H and O–H groups in total. The van der Waals surface area contributed by atoms with E-state index in [1.54, 1.807) is 0 Å². The SMILES string of the molecule is CCC(C)CC1(CNCC(C)C)CCOC1C. The largest absolute Gasteiger partial charge is 0.378 e. The van der Waals surface area contributed by atoms with Gasteiger partial charge in [0.1, 0.15) is 0 Å². The van der Waals surface area contributed by atoms with E-state index in [2.05, 4.69) is 39.9 Å². The van der Waals surface area contributed by atoms with Crippen molar-refractivity contribution in [3.8, 4) is 0 Å². The Bertz CT molecular complexity index is 217. The molecule has 1 aliphatic rings. The summed E-state index contributed by atoms with van der Waals surface area (Å²) in [4.78, 5) is 0. The van der Waals surface area contributed by atoms with E-state index in [0.717, 1.165) is 31.5 Å². The zero-order valence-electron chi connectivity index (χ0n) is 12.4. The summed E-state index contributed by atoms with van der Waals surface area (Å²) < 4.78 is 5.83. The Balaban J connectivity index is 2.53. The Morgan fingerprint density at radius 1 is 1.35 bits per heavy atom. The lowest BCUT2D eigenvalue weighted by Crippen LogP contribution is -2.41. The van der Waals surface area contributed by atoms with Crippen LogP contribution in [-0.2, 0) is 4.74 Å². The summed E-state index contributed by atoms with van der Waals surface area (Å²) in [6.45, 7) is 14.6. The Morgan fingerprint density at radius 2 is 2.06 bits per heavy atom. The summed E-state index contributed by atoms with van der Waals surface area (Å²) in [5, 5.41) is 3.65. The fourth-order valence-electron chi connectivity index (χ4n) is 2.84. The van der Waals surface area contributed by atoms with Crippen LogP contribution in [0.15, 0.2) is 0 Å². The predicted octanol–water partition coefficient (Wildman–Crippen LogP) is 3.46. The van der Waals surface area contributed by atoms with Crippen LogP contribution < -0.4 is 5.32 Å². The molecule has 0 amide bonds. The Kier molecular flexibility index (Phi) is 5.94. The molecule has 0 aromatic rings. The quantitative estimate of drug-likeness (QED) is 0.737. The van der Waals surface area contributed by atoms with Gasteiger partial charge in [-0.2, -0.15) is 0 Å². The summed E-state index contributed by atoms with van der Waals surface area (Å²) in [6, 6.07) is 0. The first-order valence-corrected chi connectivity index (χ1v) is 7.32. The van der Waals surface area contributed by atoms with Gasteiger partial charge in [-0.15, -0.1) is 0 Å². The summed E-state index contributed by atoms with van der Waals surface area (Å²) in [5.41, 5.74) is 0.379. The molecule has 0 aromatic carbocycles. The van der Waals surface area contributed by atoms with Gasteiger partial charge in [0.05, 0.1) is 6.10 Å². The minimum absolute atomic E-state index is 0.379. The molecule has 0 aliphatic carbocycles. The van der Waals surface area contributed by atoms with E-state index >= 15 is 0 Å². The zero-order valence-corrected chi connectivity index (χ0v) is 12.4. The molecular formula is C15H31NO. The van der Waals surface area contributed by atoms with Crippen LogP contribution in [0.5, 0.6) is 0 Å². The average molecular weight is 241 g/mol. The molecule has 2 nitrogen and oxygen atoms in total. The molecule has 1 saturated heterocycles. The van der Waals surface area contributed by atoms with Crippen LogP contribution in [-0.4, -0.2) is 25.8 Å². The second-order valence-corrected chi connectivity index (χ2v) is 6.37. The van der Waals surface area contributed by atoms with E-state index in [-0.39, 0.29) is 0 Å². The molecule has 1 fully saturated rings. The molecule has 17 heavy (non-hydrogen) atoms. The molecule has 1 heterocycles. The van der Waals surface area contributed by atoms with E-state index in [9.17, 15) is 0 Å². The van der Waals surface area contributed by atoms with Crippen LogP contribution in [0.2, 0.25) is 0 Å². The van der Waals surface area contributed by atoms with Gasteiger partial charge in [0, 0.05) is 18.6 Å². The summed E-state index contributed by atoms with van der Waals surface area (Å²) >= 11 is 0. The predicted molar refractivity (Wildman–Crippen MR) is 74.2 cm³/mol. The number of ether oxygens (including phenoxy) is 1. The smallest absolute Gasteiger partial charge is 0.0616 e. The fraction of sp³-hybridized carbons (Fsp3) is 1.00. The first-order chi connectivity index (χ1) is 8.00. The highest BCUT2D eigenvalue weighted by Crippen LogP contribution is 2.40. The first kappa shape index (κ1) is 15.0. The second kappa shape index (κ2) is 6.75. The summed E-state index contributed by atoms with van der Waals surface area (Å²) in [5.74, 6) is 1.54. The van der Waals surface area contributed by atoms with Crippen LogP contribution in [0.1, 0.15) is 53.9 Å². The van der Waals surface area contributed by atoms with Crippen molar-refractivity contribution in [3.63, 3.8) is 0 Å². The average Bonchev–Trinajstić information content (AvgIpc) is 2.60. The maximum Gasteiger partial charge on any atom is 0.0616 e. The Morgan fingerprint density at radius 3 is 2.53 bits per heavy atom. The molecule has 2 heteroatoms. The van der Waals surface area contributed by atoms with Gasteiger partial charge in [-0.25, -0.2) is 0 Å². The molecule has 0 aromatic heterocycles. The Labute approximate surface area is 108 Å². The van der Waals surface area contributed by atoms with Gasteiger partial charge in [0.15, 0.2) is 0 Å². The highest BCUT2D eigenvalue weighted by Gasteiger charge is 2.41. The van der Waals surface area contributed by atoms with E-state index in [0.29, 0.717) is 11.5 Å². The van der Waals surface area contributed by atoms with Gasteiger partial charge >= 0.3 is 0 Å². The van der Waals surface area contributed by atoms with Gasteiger partial charge in [0.25, 0.3) is 0 Å².